The Labute approximate surface area is 91.2 Å². The van der Waals surface area contributed by atoms with E-state index in [1.165, 1.54) is 18.4 Å². The van der Waals surface area contributed by atoms with Crippen LogP contribution < -0.4 is 4.74 Å². The van der Waals surface area contributed by atoms with E-state index >= 15 is 0 Å². The third-order valence-electron chi connectivity index (χ3n) is 2.67. The third-order valence-corrected chi connectivity index (χ3v) is 2.67. The van der Waals surface area contributed by atoms with Crippen LogP contribution in [-0.2, 0) is 4.74 Å². The Morgan fingerprint density at radius 2 is 2.13 bits per heavy atom. The molecule has 0 spiro atoms. The molecule has 1 fully saturated rings. The molecule has 1 aliphatic rings. The van der Waals surface area contributed by atoms with Gasteiger partial charge in [-0.25, -0.2) is 0 Å². The number of benzene rings is 1. The first-order chi connectivity index (χ1) is 7.36. The maximum absolute atomic E-state index is 5.70. The summed E-state index contributed by atoms with van der Waals surface area (Å²) in [5.41, 5.74) is 1.21. The predicted molar refractivity (Wildman–Crippen MR) is 60.3 cm³/mol. The van der Waals surface area contributed by atoms with E-state index in [0.29, 0.717) is 6.10 Å². The van der Waals surface area contributed by atoms with Gasteiger partial charge in [-0.2, -0.15) is 0 Å². The minimum atomic E-state index is 0.559. The zero-order valence-electron chi connectivity index (χ0n) is 9.24. The lowest BCUT2D eigenvalue weighted by atomic mass is 10.2. The quantitative estimate of drug-likeness (QED) is 0.527. The van der Waals surface area contributed by atoms with Crippen LogP contribution in [0.3, 0.4) is 0 Å². The van der Waals surface area contributed by atoms with Crippen molar-refractivity contribution in [2.45, 2.75) is 32.3 Å². The Kier molecular flexibility index (Phi) is 3.62. The average Bonchev–Trinajstić information content (AvgIpc) is 3.04. The van der Waals surface area contributed by atoms with Gasteiger partial charge in [0.05, 0.1) is 19.3 Å². The highest BCUT2D eigenvalue weighted by atomic mass is 16.6. The molecule has 15 heavy (non-hydrogen) atoms. The maximum atomic E-state index is 5.70. The number of hydrogen-bond donors (Lipinski definition) is 0. The molecule has 1 unspecified atom stereocenters. The standard InChI is InChI=1S/C13H18O2/c1-11-6-2-3-8-13(11)14-9-5-4-7-12-10-15-12/h2-3,6,8,12H,4-5,7,9-10H2,1H3. The van der Waals surface area contributed by atoms with Crippen molar-refractivity contribution >= 4 is 0 Å². The van der Waals surface area contributed by atoms with Crippen LogP contribution in [0.4, 0.5) is 0 Å². The lowest BCUT2D eigenvalue weighted by molar-refractivity contribution is 0.298. The molecule has 0 aliphatic carbocycles. The average molecular weight is 206 g/mol. The van der Waals surface area contributed by atoms with Gasteiger partial charge in [0.25, 0.3) is 0 Å². The Morgan fingerprint density at radius 1 is 1.33 bits per heavy atom. The van der Waals surface area contributed by atoms with Crippen molar-refractivity contribution in [1.82, 2.24) is 0 Å². The van der Waals surface area contributed by atoms with Gasteiger partial charge in [-0.05, 0) is 37.8 Å². The van der Waals surface area contributed by atoms with E-state index in [9.17, 15) is 0 Å². The van der Waals surface area contributed by atoms with E-state index in [4.69, 9.17) is 9.47 Å². The highest BCUT2D eigenvalue weighted by molar-refractivity contribution is 5.31. The minimum Gasteiger partial charge on any atom is -0.493 e. The van der Waals surface area contributed by atoms with Crippen LogP contribution in [0.15, 0.2) is 24.3 Å². The smallest absolute Gasteiger partial charge is 0.122 e. The van der Waals surface area contributed by atoms with Gasteiger partial charge < -0.3 is 9.47 Å². The van der Waals surface area contributed by atoms with Crippen LogP contribution in [0.1, 0.15) is 24.8 Å². The van der Waals surface area contributed by atoms with Crippen LogP contribution >= 0.6 is 0 Å². The highest BCUT2D eigenvalue weighted by Crippen LogP contribution is 2.18. The van der Waals surface area contributed by atoms with Crippen molar-refractivity contribution in [3.8, 4) is 5.75 Å². The van der Waals surface area contributed by atoms with E-state index < -0.39 is 0 Å². The van der Waals surface area contributed by atoms with E-state index in [-0.39, 0.29) is 0 Å². The van der Waals surface area contributed by atoms with E-state index in [1.54, 1.807) is 0 Å². The summed E-state index contributed by atoms with van der Waals surface area (Å²) in [4.78, 5) is 0. The first kappa shape index (κ1) is 10.5. The van der Waals surface area contributed by atoms with Gasteiger partial charge in [0.2, 0.25) is 0 Å². The number of para-hydroxylation sites is 1. The molecular formula is C13H18O2. The molecule has 1 aromatic rings. The molecule has 0 bridgehead atoms. The topological polar surface area (TPSA) is 21.8 Å². The Balaban J connectivity index is 1.62. The van der Waals surface area contributed by atoms with E-state index in [2.05, 4.69) is 13.0 Å². The Hall–Kier alpha value is -1.02. The van der Waals surface area contributed by atoms with E-state index in [0.717, 1.165) is 25.4 Å². The molecule has 0 amide bonds. The fraction of sp³-hybridized carbons (Fsp3) is 0.538. The van der Waals surface area contributed by atoms with Gasteiger partial charge in [-0.1, -0.05) is 18.2 Å². The van der Waals surface area contributed by atoms with Crippen molar-refractivity contribution in [2.24, 2.45) is 0 Å². The molecule has 1 aliphatic heterocycles. The lowest BCUT2D eigenvalue weighted by Gasteiger charge is -2.07. The number of epoxide rings is 1. The van der Waals surface area contributed by atoms with Gasteiger partial charge in [0, 0.05) is 0 Å². The van der Waals surface area contributed by atoms with Crippen molar-refractivity contribution < 1.29 is 9.47 Å². The predicted octanol–water partition coefficient (Wildman–Crippen LogP) is 2.94. The third kappa shape index (κ3) is 3.56. The van der Waals surface area contributed by atoms with Gasteiger partial charge >= 0.3 is 0 Å². The van der Waals surface area contributed by atoms with Gasteiger partial charge in [-0.15, -0.1) is 0 Å². The fourth-order valence-electron chi connectivity index (χ4n) is 1.61. The van der Waals surface area contributed by atoms with Crippen LogP contribution in [-0.4, -0.2) is 19.3 Å². The molecular weight excluding hydrogens is 188 g/mol. The number of rotatable bonds is 6. The van der Waals surface area contributed by atoms with Crippen molar-refractivity contribution in [1.29, 1.82) is 0 Å². The molecule has 0 radical (unpaired) electrons. The van der Waals surface area contributed by atoms with Crippen LogP contribution in [0.25, 0.3) is 0 Å². The van der Waals surface area contributed by atoms with Gasteiger partial charge in [-0.3, -0.25) is 0 Å². The second kappa shape index (κ2) is 5.17. The van der Waals surface area contributed by atoms with Crippen LogP contribution in [0, 0.1) is 6.92 Å². The molecule has 2 nitrogen and oxygen atoms in total. The summed E-state index contributed by atoms with van der Waals surface area (Å²) >= 11 is 0. The zero-order valence-corrected chi connectivity index (χ0v) is 9.24. The maximum Gasteiger partial charge on any atom is 0.122 e. The molecule has 2 heteroatoms. The molecule has 0 aromatic heterocycles. The molecule has 0 saturated carbocycles. The molecule has 1 saturated heterocycles. The first-order valence-electron chi connectivity index (χ1n) is 5.66. The summed E-state index contributed by atoms with van der Waals surface area (Å²) in [7, 11) is 0. The van der Waals surface area contributed by atoms with Crippen molar-refractivity contribution in [3.05, 3.63) is 29.8 Å². The molecule has 82 valence electrons. The fourth-order valence-corrected chi connectivity index (χ4v) is 1.61. The summed E-state index contributed by atoms with van der Waals surface area (Å²) < 4.78 is 10.8. The molecule has 0 N–H and O–H groups in total. The zero-order chi connectivity index (χ0) is 10.5. The Morgan fingerprint density at radius 3 is 2.87 bits per heavy atom. The van der Waals surface area contributed by atoms with Crippen molar-refractivity contribution in [2.75, 3.05) is 13.2 Å². The summed E-state index contributed by atoms with van der Waals surface area (Å²) in [6, 6.07) is 8.15. The highest BCUT2D eigenvalue weighted by Gasteiger charge is 2.20. The molecule has 1 atom stereocenters. The molecule has 1 aromatic carbocycles. The number of unbranched alkanes of at least 4 members (excludes halogenated alkanes) is 1. The van der Waals surface area contributed by atoms with E-state index in [1.807, 2.05) is 18.2 Å². The molecule has 2 rings (SSSR count). The van der Waals surface area contributed by atoms with Crippen LogP contribution in [0.5, 0.6) is 5.75 Å². The van der Waals surface area contributed by atoms with Crippen LogP contribution in [0.2, 0.25) is 0 Å². The lowest BCUT2D eigenvalue weighted by Crippen LogP contribution is -1.99. The summed E-state index contributed by atoms with van der Waals surface area (Å²) in [5.74, 6) is 1.01. The summed E-state index contributed by atoms with van der Waals surface area (Å²) in [6.07, 6.45) is 4.07. The normalized spacial score (nSPS) is 18.9. The SMILES string of the molecule is Cc1ccccc1OCCCCC1CO1. The summed E-state index contributed by atoms with van der Waals surface area (Å²) in [6.45, 7) is 3.86. The number of ether oxygens (including phenoxy) is 2. The second-order valence-corrected chi connectivity index (χ2v) is 4.07. The number of hydrogen-bond acceptors (Lipinski definition) is 2. The minimum absolute atomic E-state index is 0.559. The Bertz CT molecular complexity index is 305. The monoisotopic (exact) mass is 206 g/mol. The van der Waals surface area contributed by atoms with Crippen molar-refractivity contribution in [3.63, 3.8) is 0 Å². The van der Waals surface area contributed by atoms with Gasteiger partial charge in [0.15, 0.2) is 0 Å². The first-order valence-corrected chi connectivity index (χ1v) is 5.66. The summed E-state index contributed by atoms with van der Waals surface area (Å²) in [5, 5.41) is 0. The largest absolute Gasteiger partial charge is 0.493 e. The number of aryl methyl sites for hydroxylation is 1. The second-order valence-electron chi connectivity index (χ2n) is 4.07. The van der Waals surface area contributed by atoms with Gasteiger partial charge in [0.1, 0.15) is 5.75 Å². The molecule has 1 heterocycles.